The number of aromatic nitrogens is 1. The molecule has 3 heterocycles. The van der Waals surface area contributed by atoms with Crippen LogP contribution in [0.25, 0.3) is 0 Å². The number of carbonyl (C=O) groups is 1. The topological polar surface area (TPSA) is 67.6 Å². The summed E-state index contributed by atoms with van der Waals surface area (Å²) in [6, 6.07) is 9.20. The second-order valence-corrected chi connectivity index (χ2v) is 5.55. The molecule has 3 rings (SSSR count). The van der Waals surface area contributed by atoms with Gasteiger partial charge in [-0.2, -0.15) is 0 Å². The molecule has 6 nitrogen and oxygen atoms in total. The highest BCUT2D eigenvalue weighted by molar-refractivity contribution is 7.80. The molecule has 0 aromatic carbocycles. The van der Waals surface area contributed by atoms with Crippen LogP contribution in [0.1, 0.15) is 30.0 Å². The fraction of sp³-hybridized carbons (Fsp3) is 0.312. The maximum absolute atomic E-state index is 11.5. The number of thiocarbonyl (C=S) groups is 1. The third kappa shape index (κ3) is 3.19. The van der Waals surface area contributed by atoms with Crippen LogP contribution < -0.4 is 5.32 Å². The molecule has 0 spiro atoms. The van der Waals surface area contributed by atoms with Gasteiger partial charge in [-0.1, -0.05) is 6.07 Å². The molecule has 2 aromatic heterocycles. The first-order valence-electron chi connectivity index (χ1n) is 7.29. The lowest BCUT2D eigenvalue weighted by Gasteiger charge is -2.25. The Morgan fingerprint density at radius 3 is 2.96 bits per heavy atom. The van der Waals surface area contributed by atoms with Gasteiger partial charge in [-0.3, -0.25) is 9.78 Å². The highest BCUT2D eigenvalue weighted by atomic mass is 32.1. The second kappa shape index (κ2) is 6.78. The summed E-state index contributed by atoms with van der Waals surface area (Å²) >= 11 is 5.45. The van der Waals surface area contributed by atoms with E-state index >= 15 is 0 Å². The standard InChI is InChI=1S/C16H17N3O3S/c1-21-13(20)7-9-19-15(12-6-4-10-22-12)14(18-16(19)23)11-5-2-3-8-17-11/h2-6,8,10,14-15H,7,9H2,1H3,(H,18,23)/t14-,15-/m1/s1. The molecule has 1 N–H and O–H groups in total. The molecule has 0 unspecified atom stereocenters. The highest BCUT2D eigenvalue weighted by Gasteiger charge is 2.41. The average Bonchev–Trinajstić information content (AvgIpc) is 3.21. The van der Waals surface area contributed by atoms with Gasteiger partial charge in [-0.05, 0) is 36.5 Å². The smallest absolute Gasteiger partial charge is 0.307 e. The van der Waals surface area contributed by atoms with Gasteiger partial charge in [0.2, 0.25) is 0 Å². The molecule has 2 atom stereocenters. The first kappa shape index (κ1) is 15.5. The summed E-state index contributed by atoms with van der Waals surface area (Å²) in [5.41, 5.74) is 0.872. The first-order chi connectivity index (χ1) is 11.2. The van der Waals surface area contributed by atoms with E-state index in [1.807, 2.05) is 35.2 Å². The fourth-order valence-corrected chi connectivity index (χ4v) is 3.06. The van der Waals surface area contributed by atoms with Crippen LogP contribution in [-0.4, -0.2) is 34.6 Å². The molecule has 1 aliphatic rings. The molecular weight excluding hydrogens is 314 g/mol. The van der Waals surface area contributed by atoms with Crippen LogP contribution in [0, 0.1) is 0 Å². The van der Waals surface area contributed by atoms with Crippen molar-refractivity contribution >= 4 is 23.3 Å². The van der Waals surface area contributed by atoms with Crippen LogP contribution in [-0.2, 0) is 9.53 Å². The van der Waals surface area contributed by atoms with Gasteiger partial charge < -0.3 is 19.4 Å². The van der Waals surface area contributed by atoms with E-state index in [0.29, 0.717) is 11.7 Å². The van der Waals surface area contributed by atoms with Gasteiger partial charge in [0.25, 0.3) is 0 Å². The zero-order valence-corrected chi connectivity index (χ0v) is 13.5. The fourth-order valence-electron chi connectivity index (χ4n) is 2.73. The summed E-state index contributed by atoms with van der Waals surface area (Å²) in [7, 11) is 1.38. The predicted octanol–water partition coefficient (Wildman–Crippen LogP) is 2.21. The van der Waals surface area contributed by atoms with Crippen molar-refractivity contribution in [2.24, 2.45) is 0 Å². The number of rotatable bonds is 5. The van der Waals surface area contributed by atoms with Crippen LogP contribution in [0.5, 0.6) is 0 Å². The molecule has 1 saturated heterocycles. The zero-order chi connectivity index (χ0) is 16.2. The van der Waals surface area contributed by atoms with Gasteiger partial charge in [0.15, 0.2) is 5.11 Å². The summed E-state index contributed by atoms with van der Waals surface area (Å²) in [4.78, 5) is 17.8. The minimum absolute atomic E-state index is 0.132. The number of pyridine rings is 1. The molecule has 1 fully saturated rings. The van der Waals surface area contributed by atoms with Crippen LogP contribution in [0.3, 0.4) is 0 Å². The number of methoxy groups -OCH3 is 1. The number of nitrogens with one attached hydrogen (secondary N) is 1. The van der Waals surface area contributed by atoms with Crippen LogP contribution in [0.15, 0.2) is 47.2 Å². The van der Waals surface area contributed by atoms with Crippen LogP contribution >= 0.6 is 12.2 Å². The Hall–Kier alpha value is -2.41. The Morgan fingerprint density at radius 1 is 1.43 bits per heavy atom. The van der Waals surface area contributed by atoms with E-state index in [0.717, 1.165) is 11.5 Å². The molecular formula is C16H17N3O3S. The summed E-state index contributed by atoms with van der Waals surface area (Å²) in [6.07, 6.45) is 3.63. The molecule has 120 valence electrons. The number of ether oxygens (including phenoxy) is 1. The Kier molecular flexibility index (Phi) is 4.57. The monoisotopic (exact) mass is 331 g/mol. The maximum atomic E-state index is 11.5. The van der Waals surface area contributed by atoms with Crippen molar-refractivity contribution in [2.75, 3.05) is 13.7 Å². The second-order valence-electron chi connectivity index (χ2n) is 5.16. The third-order valence-electron chi connectivity index (χ3n) is 3.82. The van der Waals surface area contributed by atoms with Crippen molar-refractivity contribution in [2.45, 2.75) is 18.5 Å². The molecule has 2 aromatic rings. The highest BCUT2D eigenvalue weighted by Crippen LogP contribution is 2.38. The van der Waals surface area contributed by atoms with Crippen LogP contribution in [0.4, 0.5) is 0 Å². The number of carbonyl (C=O) groups excluding carboxylic acids is 1. The predicted molar refractivity (Wildman–Crippen MR) is 87.5 cm³/mol. The van der Waals surface area contributed by atoms with E-state index < -0.39 is 0 Å². The Labute approximate surface area is 139 Å². The molecule has 0 radical (unpaired) electrons. The van der Waals surface area contributed by atoms with E-state index in [1.165, 1.54) is 7.11 Å². The molecule has 0 bridgehead atoms. The minimum atomic E-state index is -0.271. The Bertz CT molecular complexity index is 675. The lowest BCUT2D eigenvalue weighted by molar-refractivity contribution is -0.140. The zero-order valence-electron chi connectivity index (χ0n) is 12.6. The number of furan rings is 1. The number of esters is 1. The lowest BCUT2D eigenvalue weighted by atomic mass is 10.0. The Balaban J connectivity index is 1.89. The number of nitrogens with zero attached hydrogens (tertiary/aromatic N) is 2. The minimum Gasteiger partial charge on any atom is -0.469 e. The summed E-state index contributed by atoms with van der Waals surface area (Å²) in [5, 5.41) is 3.86. The number of hydrogen-bond donors (Lipinski definition) is 1. The van der Waals surface area contributed by atoms with Gasteiger partial charge in [-0.15, -0.1) is 0 Å². The largest absolute Gasteiger partial charge is 0.469 e. The van der Waals surface area contributed by atoms with E-state index in [2.05, 4.69) is 10.3 Å². The summed E-state index contributed by atoms with van der Waals surface area (Å²) in [5.74, 6) is 0.505. The van der Waals surface area contributed by atoms with Gasteiger partial charge in [0, 0.05) is 12.7 Å². The van der Waals surface area contributed by atoms with Gasteiger partial charge in [-0.25, -0.2) is 0 Å². The van der Waals surface area contributed by atoms with Gasteiger partial charge >= 0.3 is 5.97 Å². The van der Waals surface area contributed by atoms with Crippen molar-refractivity contribution in [1.29, 1.82) is 0 Å². The first-order valence-corrected chi connectivity index (χ1v) is 7.70. The van der Waals surface area contributed by atoms with Gasteiger partial charge in [0.1, 0.15) is 11.8 Å². The lowest BCUT2D eigenvalue weighted by Crippen LogP contribution is -2.31. The van der Waals surface area contributed by atoms with Crippen molar-refractivity contribution in [3.63, 3.8) is 0 Å². The molecule has 23 heavy (non-hydrogen) atoms. The quantitative estimate of drug-likeness (QED) is 0.665. The summed E-state index contributed by atoms with van der Waals surface area (Å²) in [6.45, 7) is 0.452. The van der Waals surface area contributed by atoms with Crippen molar-refractivity contribution < 1.29 is 13.9 Å². The van der Waals surface area contributed by atoms with E-state index in [1.54, 1.807) is 12.5 Å². The van der Waals surface area contributed by atoms with Crippen molar-refractivity contribution in [3.8, 4) is 0 Å². The molecule has 0 saturated carbocycles. The molecule has 7 heteroatoms. The van der Waals surface area contributed by atoms with Crippen LogP contribution in [0.2, 0.25) is 0 Å². The Morgan fingerprint density at radius 2 is 2.30 bits per heavy atom. The van der Waals surface area contributed by atoms with Gasteiger partial charge in [0.05, 0.1) is 31.5 Å². The normalized spacial score (nSPS) is 20.4. The van der Waals surface area contributed by atoms with E-state index in [9.17, 15) is 4.79 Å². The maximum Gasteiger partial charge on any atom is 0.307 e. The molecule has 1 aliphatic heterocycles. The number of hydrogen-bond acceptors (Lipinski definition) is 5. The average molecular weight is 331 g/mol. The summed E-state index contributed by atoms with van der Waals surface area (Å²) < 4.78 is 10.3. The molecule has 0 amide bonds. The van der Waals surface area contributed by atoms with E-state index in [4.69, 9.17) is 21.4 Å². The van der Waals surface area contributed by atoms with Crippen molar-refractivity contribution in [1.82, 2.24) is 15.2 Å². The van der Waals surface area contributed by atoms with E-state index in [-0.39, 0.29) is 24.5 Å². The molecule has 0 aliphatic carbocycles. The van der Waals surface area contributed by atoms with Crippen molar-refractivity contribution in [3.05, 3.63) is 54.2 Å². The SMILES string of the molecule is COC(=O)CCN1C(=S)N[C@H](c2ccccn2)[C@H]1c1ccco1. The third-order valence-corrected chi connectivity index (χ3v) is 4.17.